The molecule has 1 unspecified atom stereocenters. The zero-order chi connectivity index (χ0) is 20.5. The van der Waals surface area contributed by atoms with E-state index in [9.17, 15) is 14.9 Å². The van der Waals surface area contributed by atoms with E-state index in [4.69, 9.17) is 16.3 Å². The number of hydrogen-bond acceptors (Lipinski definition) is 4. The Morgan fingerprint density at radius 3 is 2.76 bits per heavy atom. The van der Waals surface area contributed by atoms with Crippen molar-refractivity contribution in [3.63, 3.8) is 0 Å². The van der Waals surface area contributed by atoms with Crippen molar-refractivity contribution in [1.82, 2.24) is 9.88 Å². The summed E-state index contributed by atoms with van der Waals surface area (Å²) in [5, 5.41) is 12.7. The minimum Gasteiger partial charge on any atom is -0.449 e. The highest BCUT2D eigenvalue weighted by molar-refractivity contribution is 6.31. The fraction of sp³-hybridized carbons (Fsp3) is 0.286. The second kappa shape index (κ2) is 7.75. The highest BCUT2D eigenvalue weighted by Gasteiger charge is 2.35. The van der Waals surface area contributed by atoms with Crippen molar-refractivity contribution in [2.45, 2.75) is 25.8 Å². The highest BCUT2D eigenvalue weighted by Crippen LogP contribution is 2.39. The molecule has 0 saturated carbocycles. The molecule has 3 aromatic rings. The first-order valence-electron chi connectivity index (χ1n) is 9.47. The second-order valence-electron chi connectivity index (χ2n) is 7.02. The van der Waals surface area contributed by atoms with Crippen molar-refractivity contribution >= 4 is 34.3 Å². The molecule has 1 N–H and O–H groups in total. The number of fused-ring (bicyclic) bond motifs is 3. The number of rotatable bonds is 4. The predicted octanol–water partition coefficient (Wildman–Crippen LogP) is 5.22. The number of nitrogens with one attached hydrogen (secondary N) is 1. The Kier molecular flexibility index (Phi) is 5.15. The Bertz CT molecular complexity index is 1080. The fourth-order valence-corrected chi connectivity index (χ4v) is 4.03. The Labute approximate surface area is 172 Å². The third-order valence-electron chi connectivity index (χ3n) is 5.17. The molecule has 0 spiro atoms. The molecule has 1 atom stereocenters. The van der Waals surface area contributed by atoms with E-state index >= 15 is 0 Å². The van der Waals surface area contributed by atoms with Crippen LogP contribution in [0.3, 0.4) is 0 Å². The largest absolute Gasteiger partial charge is 0.449 e. The van der Waals surface area contributed by atoms with Crippen molar-refractivity contribution in [2.24, 2.45) is 0 Å². The first kappa shape index (κ1) is 19.3. The molecule has 4 rings (SSSR count). The van der Waals surface area contributed by atoms with Crippen molar-refractivity contribution in [3.05, 3.63) is 74.4 Å². The molecular weight excluding hydrogens is 394 g/mol. The van der Waals surface area contributed by atoms with Crippen molar-refractivity contribution in [2.75, 3.05) is 13.2 Å². The van der Waals surface area contributed by atoms with Crippen LogP contribution < -0.4 is 0 Å². The van der Waals surface area contributed by atoms with Crippen LogP contribution in [0.15, 0.2) is 42.5 Å². The zero-order valence-corrected chi connectivity index (χ0v) is 16.6. The van der Waals surface area contributed by atoms with Gasteiger partial charge in [-0.15, -0.1) is 0 Å². The number of aromatic nitrogens is 1. The molecule has 0 radical (unpaired) electrons. The number of halogens is 1. The summed E-state index contributed by atoms with van der Waals surface area (Å²) in [6.07, 6.45) is 1.01. The minimum absolute atomic E-state index is 0.00770. The summed E-state index contributed by atoms with van der Waals surface area (Å²) in [7, 11) is 0. The number of carbonyl (C=O) groups excluding carboxylic acids is 1. The number of non-ortho nitro benzene ring substituents is 1. The maximum Gasteiger partial charge on any atom is 0.410 e. The third kappa shape index (κ3) is 3.53. The van der Waals surface area contributed by atoms with Crippen LogP contribution >= 0.6 is 11.6 Å². The average molecular weight is 414 g/mol. The second-order valence-corrected chi connectivity index (χ2v) is 7.45. The quantitative estimate of drug-likeness (QED) is 0.469. The molecule has 8 heteroatoms. The molecule has 1 aliphatic heterocycles. The van der Waals surface area contributed by atoms with Gasteiger partial charge in [-0.3, -0.25) is 15.0 Å². The van der Waals surface area contributed by atoms with Crippen molar-refractivity contribution in [3.8, 4) is 0 Å². The maximum absolute atomic E-state index is 12.8. The van der Waals surface area contributed by atoms with E-state index in [-0.39, 0.29) is 5.69 Å². The monoisotopic (exact) mass is 413 g/mol. The Hall–Kier alpha value is -3.06. The summed E-state index contributed by atoms with van der Waals surface area (Å²) >= 11 is 6.19. The highest BCUT2D eigenvalue weighted by atomic mass is 35.5. The number of benzene rings is 2. The minimum atomic E-state index is -0.436. The number of amides is 1. The predicted molar refractivity (Wildman–Crippen MR) is 110 cm³/mol. The lowest BCUT2D eigenvalue weighted by molar-refractivity contribution is -0.384. The summed E-state index contributed by atoms with van der Waals surface area (Å²) in [4.78, 5) is 28.5. The standard InChI is InChI=1S/C21H20ClN3O4/c1-2-11-29-21(26)24-10-9-16-17-12-14(22)5-8-18(17)23-19(16)20(24)13-3-6-15(7-4-13)25(27)28/h3-8,12,20,23H,2,9-11H2,1H3. The number of nitrogens with zero attached hydrogens (tertiary/aromatic N) is 2. The number of aromatic amines is 1. The van der Waals surface area contributed by atoms with Crippen LogP contribution in [0.4, 0.5) is 10.5 Å². The molecule has 1 aromatic heterocycles. The van der Waals surface area contributed by atoms with E-state index in [1.807, 2.05) is 25.1 Å². The van der Waals surface area contributed by atoms with E-state index in [1.165, 1.54) is 12.1 Å². The van der Waals surface area contributed by atoms with Gasteiger partial charge in [0, 0.05) is 40.3 Å². The van der Waals surface area contributed by atoms with Crippen LogP contribution in [0.1, 0.15) is 36.2 Å². The number of ether oxygens (including phenoxy) is 1. The number of hydrogen-bond donors (Lipinski definition) is 1. The topological polar surface area (TPSA) is 88.5 Å². The normalized spacial score (nSPS) is 15.9. The Morgan fingerprint density at radius 1 is 1.31 bits per heavy atom. The van der Waals surface area contributed by atoms with Crippen LogP contribution in [-0.4, -0.2) is 34.1 Å². The summed E-state index contributed by atoms with van der Waals surface area (Å²) < 4.78 is 5.40. The smallest absolute Gasteiger partial charge is 0.410 e. The van der Waals surface area contributed by atoms with Gasteiger partial charge in [-0.1, -0.05) is 18.5 Å². The first-order valence-corrected chi connectivity index (χ1v) is 9.85. The lowest BCUT2D eigenvalue weighted by atomic mass is 9.92. The molecule has 7 nitrogen and oxygen atoms in total. The van der Waals surface area contributed by atoms with Crippen molar-refractivity contribution in [1.29, 1.82) is 0 Å². The molecular formula is C21H20ClN3O4. The molecule has 1 amide bonds. The number of H-pyrrole nitrogens is 1. The van der Waals surface area contributed by atoms with Crippen LogP contribution in [0.5, 0.6) is 0 Å². The van der Waals surface area contributed by atoms with Gasteiger partial charge in [0.25, 0.3) is 5.69 Å². The van der Waals surface area contributed by atoms with Crippen LogP contribution in [0.2, 0.25) is 5.02 Å². The van der Waals surface area contributed by atoms with Gasteiger partial charge in [0.1, 0.15) is 6.04 Å². The van der Waals surface area contributed by atoms with Gasteiger partial charge in [-0.05, 0) is 54.3 Å². The van der Waals surface area contributed by atoms with Crippen molar-refractivity contribution < 1.29 is 14.5 Å². The molecule has 0 bridgehead atoms. The van der Waals surface area contributed by atoms with Gasteiger partial charge in [-0.25, -0.2) is 4.79 Å². The summed E-state index contributed by atoms with van der Waals surface area (Å²) in [5.41, 5.74) is 3.72. The summed E-state index contributed by atoms with van der Waals surface area (Å²) in [6, 6.07) is 11.5. The molecule has 29 heavy (non-hydrogen) atoms. The Balaban J connectivity index is 1.82. The van der Waals surface area contributed by atoms with Crippen LogP contribution in [0.25, 0.3) is 10.9 Å². The summed E-state index contributed by atoms with van der Waals surface area (Å²) in [5.74, 6) is 0. The van der Waals surface area contributed by atoms with Gasteiger partial charge in [0.2, 0.25) is 0 Å². The first-order chi connectivity index (χ1) is 14.0. The van der Waals surface area contributed by atoms with Crippen LogP contribution in [-0.2, 0) is 11.2 Å². The van der Waals surface area contributed by atoms with Gasteiger partial charge < -0.3 is 9.72 Å². The van der Waals surface area contributed by atoms with Gasteiger partial charge in [0.15, 0.2) is 0 Å². The number of nitro benzene ring substituents is 1. The zero-order valence-electron chi connectivity index (χ0n) is 15.9. The number of nitro groups is 1. The van der Waals surface area contributed by atoms with Gasteiger partial charge in [-0.2, -0.15) is 0 Å². The summed E-state index contributed by atoms with van der Waals surface area (Å²) in [6.45, 7) is 2.77. The number of carbonyl (C=O) groups is 1. The maximum atomic E-state index is 12.8. The fourth-order valence-electron chi connectivity index (χ4n) is 3.85. The lowest BCUT2D eigenvalue weighted by Gasteiger charge is -2.35. The lowest BCUT2D eigenvalue weighted by Crippen LogP contribution is -2.41. The van der Waals surface area contributed by atoms with Gasteiger partial charge in [0.05, 0.1) is 11.5 Å². The van der Waals surface area contributed by atoms with E-state index in [2.05, 4.69) is 4.98 Å². The third-order valence-corrected chi connectivity index (χ3v) is 5.41. The molecule has 0 saturated heterocycles. The van der Waals surface area contributed by atoms with Gasteiger partial charge >= 0.3 is 6.09 Å². The molecule has 150 valence electrons. The average Bonchev–Trinajstić information content (AvgIpc) is 3.09. The molecule has 2 heterocycles. The Morgan fingerprint density at radius 2 is 2.07 bits per heavy atom. The van der Waals surface area contributed by atoms with E-state index in [0.29, 0.717) is 24.6 Å². The molecule has 1 aliphatic rings. The van der Waals surface area contributed by atoms with E-state index in [1.54, 1.807) is 17.0 Å². The SMILES string of the molecule is CCCOC(=O)N1CCc2c([nH]c3ccc(Cl)cc23)C1c1ccc([N+](=O)[O-])cc1. The molecule has 0 aliphatic carbocycles. The van der Waals surface area contributed by atoms with E-state index in [0.717, 1.165) is 34.1 Å². The molecule has 0 fully saturated rings. The van der Waals surface area contributed by atoms with E-state index < -0.39 is 17.1 Å². The van der Waals surface area contributed by atoms with Crippen LogP contribution in [0, 0.1) is 10.1 Å². The molecule has 2 aromatic carbocycles.